The molecule has 2 aliphatic carbocycles. The molecule has 0 amide bonds. The van der Waals surface area contributed by atoms with Crippen molar-refractivity contribution in [3.63, 3.8) is 0 Å². The summed E-state index contributed by atoms with van der Waals surface area (Å²) < 4.78 is 2.69. The van der Waals surface area contributed by atoms with Crippen LogP contribution in [0.5, 0.6) is 0 Å². The van der Waals surface area contributed by atoms with Gasteiger partial charge in [-0.25, -0.2) is 0 Å². The Labute approximate surface area is 122 Å². The van der Waals surface area contributed by atoms with Gasteiger partial charge in [-0.3, -0.25) is 9.48 Å². The highest BCUT2D eigenvalue weighted by molar-refractivity contribution is 9.10. The maximum absolute atomic E-state index is 12.6. The monoisotopic (exact) mass is 324 g/mol. The second-order valence-electron chi connectivity index (χ2n) is 6.44. The summed E-state index contributed by atoms with van der Waals surface area (Å²) >= 11 is 3.47. The molecule has 0 N–H and O–H groups in total. The number of ketones is 1. The van der Waals surface area contributed by atoms with Crippen molar-refractivity contribution in [1.82, 2.24) is 9.78 Å². The van der Waals surface area contributed by atoms with Crippen molar-refractivity contribution in [1.29, 1.82) is 0 Å². The molecule has 3 unspecified atom stereocenters. The highest BCUT2D eigenvalue weighted by atomic mass is 79.9. The van der Waals surface area contributed by atoms with Crippen LogP contribution in [0.3, 0.4) is 0 Å². The average molecular weight is 325 g/mol. The van der Waals surface area contributed by atoms with Crippen LogP contribution >= 0.6 is 15.9 Å². The molecule has 0 spiro atoms. The zero-order valence-electron chi connectivity index (χ0n) is 11.6. The van der Waals surface area contributed by atoms with Crippen molar-refractivity contribution in [3.8, 4) is 0 Å². The second-order valence-corrected chi connectivity index (χ2v) is 7.30. The first-order chi connectivity index (χ1) is 9.06. The molecule has 3 rings (SSSR count). The third kappa shape index (κ3) is 2.39. The van der Waals surface area contributed by atoms with Gasteiger partial charge in [0.2, 0.25) is 0 Å². The summed E-state index contributed by atoms with van der Waals surface area (Å²) in [5.41, 5.74) is 0.762. The zero-order chi connectivity index (χ0) is 13.6. The molecule has 2 bridgehead atoms. The van der Waals surface area contributed by atoms with Gasteiger partial charge < -0.3 is 0 Å². The molecule has 0 radical (unpaired) electrons. The number of carbonyl (C=O) groups excluding carboxylic acids is 1. The van der Waals surface area contributed by atoms with Gasteiger partial charge in [-0.15, -0.1) is 0 Å². The predicted octanol–water partition coefficient (Wildman–Crippen LogP) is 4.24. The van der Waals surface area contributed by atoms with Crippen LogP contribution in [0.2, 0.25) is 0 Å². The van der Waals surface area contributed by atoms with Crippen molar-refractivity contribution >= 4 is 21.7 Å². The summed E-state index contributed by atoms with van der Waals surface area (Å²) in [5, 5.41) is 4.31. The molecule has 19 heavy (non-hydrogen) atoms. The van der Waals surface area contributed by atoms with Gasteiger partial charge in [0.1, 0.15) is 5.69 Å². The lowest BCUT2D eigenvalue weighted by molar-refractivity contribution is 0.0931. The summed E-state index contributed by atoms with van der Waals surface area (Å²) in [5.74, 6) is 2.59. The molecule has 2 saturated carbocycles. The zero-order valence-corrected chi connectivity index (χ0v) is 13.2. The normalized spacial score (nSPS) is 29.4. The Morgan fingerprint density at radius 2 is 2.26 bits per heavy atom. The molecule has 4 heteroatoms. The lowest BCUT2D eigenvalue weighted by Crippen LogP contribution is -2.19. The fourth-order valence-electron chi connectivity index (χ4n) is 3.95. The van der Waals surface area contributed by atoms with Gasteiger partial charge in [-0.1, -0.05) is 6.42 Å². The highest BCUT2D eigenvalue weighted by Crippen LogP contribution is 2.49. The number of nitrogens with zero attached hydrogens (tertiary/aromatic N) is 2. The Hall–Kier alpha value is -0.640. The van der Waals surface area contributed by atoms with Gasteiger partial charge in [-0.2, -0.15) is 5.10 Å². The molecular formula is C15H21BrN2O. The van der Waals surface area contributed by atoms with E-state index in [1.54, 1.807) is 6.20 Å². The van der Waals surface area contributed by atoms with Crippen molar-refractivity contribution in [3.05, 3.63) is 16.4 Å². The van der Waals surface area contributed by atoms with Crippen LogP contribution in [0.4, 0.5) is 0 Å². The quantitative estimate of drug-likeness (QED) is 0.776. The fraction of sp³-hybridized carbons (Fsp3) is 0.733. The van der Waals surface area contributed by atoms with E-state index in [0.717, 1.165) is 22.0 Å². The Kier molecular flexibility index (Phi) is 3.54. The van der Waals surface area contributed by atoms with Crippen molar-refractivity contribution in [2.24, 2.45) is 17.8 Å². The second kappa shape index (κ2) is 5.04. The first-order valence-corrected chi connectivity index (χ1v) is 8.11. The van der Waals surface area contributed by atoms with Crippen LogP contribution in [0.15, 0.2) is 10.7 Å². The molecular weight excluding hydrogens is 304 g/mol. The van der Waals surface area contributed by atoms with Crippen molar-refractivity contribution in [2.45, 2.75) is 52.0 Å². The first kappa shape index (κ1) is 13.3. The van der Waals surface area contributed by atoms with Gasteiger partial charge in [0.15, 0.2) is 5.78 Å². The van der Waals surface area contributed by atoms with Gasteiger partial charge in [0.25, 0.3) is 0 Å². The van der Waals surface area contributed by atoms with E-state index in [1.807, 2.05) is 4.68 Å². The van der Waals surface area contributed by atoms with Crippen molar-refractivity contribution in [2.75, 3.05) is 0 Å². The standard InChI is InChI=1S/C15H21BrN2O/c1-9(2)18-15(13(16)8-17-18)14(19)7-12-6-10-3-4-11(12)5-10/h8-12H,3-7H2,1-2H3. The minimum absolute atomic E-state index is 0.227. The summed E-state index contributed by atoms with van der Waals surface area (Å²) in [6, 6.07) is 0.227. The summed E-state index contributed by atoms with van der Waals surface area (Å²) in [6.07, 6.45) is 7.81. The van der Waals surface area contributed by atoms with E-state index >= 15 is 0 Å². The minimum atomic E-state index is 0.227. The largest absolute Gasteiger partial charge is 0.292 e. The van der Waals surface area contributed by atoms with E-state index in [9.17, 15) is 4.79 Å². The Morgan fingerprint density at radius 1 is 1.47 bits per heavy atom. The average Bonchev–Trinajstić information content (AvgIpc) is 3.02. The van der Waals surface area contributed by atoms with E-state index in [1.165, 1.54) is 25.7 Å². The van der Waals surface area contributed by atoms with Crippen LogP contribution in [-0.2, 0) is 0 Å². The summed E-state index contributed by atoms with van der Waals surface area (Å²) in [7, 11) is 0. The third-order valence-electron chi connectivity index (χ3n) is 4.84. The number of fused-ring (bicyclic) bond motifs is 2. The Bertz CT molecular complexity index is 494. The van der Waals surface area contributed by atoms with Gasteiger partial charge in [0, 0.05) is 12.5 Å². The Morgan fingerprint density at radius 3 is 2.84 bits per heavy atom. The summed E-state index contributed by atoms with van der Waals surface area (Å²) in [6.45, 7) is 4.13. The number of aromatic nitrogens is 2. The molecule has 2 fully saturated rings. The van der Waals surface area contributed by atoms with Crippen LogP contribution in [0.25, 0.3) is 0 Å². The lowest BCUT2D eigenvalue weighted by Gasteiger charge is -2.21. The number of Topliss-reactive ketones (excluding diaryl/α,β-unsaturated/α-hetero) is 1. The maximum atomic E-state index is 12.6. The van der Waals surface area contributed by atoms with Crippen molar-refractivity contribution < 1.29 is 4.79 Å². The summed E-state index contributed by atoms with van der Waals surface area (Å²) in [4.78, 5) is 12.6. The van der Waals surface area contributed by atoms with Gasteiger partial charge in [-0.05, 0) is 66.8 Å². The van der Waals surface area contributed by atoms with Crippen LogP contribution in [0.1, 0.15) is 62.5 Å². The molecule has 0 saturated heterocycles. The molecule has 3 atom stereocenters. The van der Waals surface area contributed by atoms with Crippen LogP contribution < -0.4 is 0 Å². The topological polar surface area (TPSA) is 34.9 Å². The van der Waals surface area contributed by atoms with Crippen LogP contribution in [-0.4, -0.2) is 15.6 Å². The number of halogens is 1. The molecule has 0 aliphatic heterocycles. The fourth-order valence-corrected chi connectivity index (χ4v) is 4.45. The SMILES string of the molecule is CC(C)n1ncc(Br)c1C(=O)CC1CC2CCC1C2. The smallest absolute Gasteiger partial charge is 0.182 e. The number of hydrogen-bond acceptors (Lipinski definition) is 2. The van der Waals surface area contributed by atoms with Crippen LogP contribution in [0, 0.1) is 17.8 Å². The number of rotatable bonds is 4. The first-order valence-electron chi connectivity index (χ1n) is 7.32. The predicted molar refractivity (Wildman–Crippen MR) is 78.2 cm³/mol. The molecule has 1 aromatic rings. The number of carbonyl (C=O) groups is 1. The van der Waals surface area contributed by atoms with E-state index in [4.69, 9.17) is 0 Å². The van der Waals surface area contributed by atoms with E-state index in [0.29, 0.717) is 12.3 Å². The molecule has 3 nitrogen and oxygen atoms in total. The van der Waals surface area contributed by atoms with E-state index < -0.39 is 0 Å². The van der Waals surface area contributed by atoms with E-state index in [2.05, 4.69) is 34.9 Å². The van der Waals surface area contributed by atoms with Gasteiger partial charge >= 0.3 is 0 Å². The molecule has 104 valence electrons. The number of hydrogen-bond donors (Lipinski definition) is 0. The maximum Gasteiger partial charge on any atom is 0.182 e. The molecule has 0 aromatic carbocycles. The highest BCUT2D eigenvalue weighted by Gasteiger charge is 2.40. The molecule has 1 aromatic heterocycles. The minimum Gasteiger partial charge on any atom is -0.292 e. The molecule has 2 aliphatic rings. The van der Waals surface area contributed by atoms with Gasteiger partial charge in [0.05, 0.1) is 10.7 Å². The lowest BCUT2D eigenvalue weighted by atomic mass is 9.85. The molecule has 1 heterocycles. The Balaban J connectivity index is 1.75. The third-order valence-corrected chi connectivity index (χ3v) is 5.42. The van der Waals surface area contributed by atoms with E-state index in [-0.39, 0.29) is 11.8 Å².